The first-order chi connectivity index (χ1) is 14.5. The van der Waals surface area contributed by atoms with Crippen LogP contribution in [0.2, 0.25) is 0 Å². The van der Waals surface area contributed by atoms with Crippen molar-refractivity contribution in [1.82, 2.24) is 14.8 Å². The van der Waals surface area contributed by atoms with Crippen molar-refractivity contribution in [2.24, 2.45) is 0 Å². The number of nitrogens with one attached hydrogen (secondary N) is 2. The third-order valence-electron chi connectivity index (χ3n) is 4.33. The van der Waals surface area contributed by atoms with E-state index in [1.807, 2.05) is 38.1 Å². The zero-order valence-corrected chi connectivity index (χ0v) is 17.5. The van der Waals surface area contributed by atoms with Gasteiger partial charge >= 0.3 is 0 Å². The first-order valence-corrected chi connectivity index (χ1v) is 10.4. The molecule has 2 amide bonds. The van der Waals surface area contributed by atoms with Crippen molar-refractivity contribution in [3.63, 3.8) is 0 Å². The maximum absolute atomic E-state index is 13.7. The number of amides is 2. The van der Waals surface area contributed by atoms with Crippen molar-refractivity contribution in [3.05, 3.63) is 65.7 Å². The standard InChI is InChI=1S/C21H22FN5O2S/c1-3-27-18(12-19(28)23-16-10-6-4-8-14(16)2)25-26-21(27)30-13-20(29)24-17-11-7-5-9-15(17)22/h4-11H,3,12-13H2,1-2H3,(H,23,28)(H,24,29). The van der Waals surface area contributed by atoms with Crippen molar-refractivity contribution in [1.29, 1.82) is 0 Å². The van der Waals surface area contributed by atoms with Crippen LogP contribution < -0.4 is 10.6 Å². The van der Waals surface area contributed by atoms with E-state index < -0.39 is 5.82 Å². The summed E-state index contributed by atoms with van der Waals surface area (Å²) in [4.78, 5) is 24.6. The summed E-state index contributed by atoms with van der Waals surface area (Å²) < 4.78 is 15.4. The number of para-hydroxylation sites is 2. The summed E-state index contributed by atoms with van der Waals surface area (Å²) in [6.07, 6.45) is 0.0666. The normalized spacial score (nSPS) is 10.6. The number of halogens is 1. The van der Waals surface area contributed by atoms with Crippen LogP contribution in [0.5, 0.6) is 0 Å². The molecule has 2 aromatic carbocycles. The van der Waals surface area contributed by atoms with E-state index in [4.69, 9.17) is 0 Å². The van der Waals surface area contributed by atoms with Crippen LogP contribution in [0.1, 0.15) is 18.3 Å². The Kier molecular flexibility index (Phi) is 7.18. The molecule has 0 spiro atoms. The van der Waals surface area contributed by atoms with Crippen molar-refractivity contribution in [2.75, 3.05) is 16.4 Å². The van der Waals surface area contributed by atoms with E-state index in [9.17, 15) is 14.0 Å². The molecule has 3 rings (SSSR count). The number of aromatic nitrogens is 3. The largest absolute Gasteiger partial charge is 0.325 e. The van der Waals surface area contributed by atoms with Crippen molar-refractivity contribution in [3.8, 4) is 0 Å². The predicted molar refractivity (Wildman–Crippen MR) is 115 cm³/mol. The fourth-order valence-electron chi connectivity index (χ4n) is 2.80. The summed E-state index contributed by atoms with van der Waals surface area (Å²) in [7, 11) is 0. The second-order valence-corrected chi connectivity index (χ2v) is 7.44. The summed E-state index contributed by atoms with van der Waals surface area (Å²) in [6, 6.07) is 13.5. The number of rotatable bonds is 8. The molecule has 0 unspecified atom stereocenters. The number of thioether (sulfide) groups is 1. The summed E-state index contributed by atoms with van der Waals surface area (Å²) >= 11 is 1.18. The molecule has 1 aromatic heterocycles. The van der Waals surface area contributed by atoms with Crippen LogP contribution >= 0.6 is 11.8 Å². The van der Waals surface area contributed by atoms with Gasteiger partial charge in [0.2, 0.25) is 11.8 Å². The molecule has 156 valence electrons. The first-order valence-electron chi connectivity index (χ1n) is 9.42. The minimum Gasteiger partial charge on any atom is -0.325 e. The lowest BCUT2D eigenvalue weighted by Crippen LogP contribution is -2.18. The molecule has 0 aliphatic heterocycles. The quantitative estimate of drug-likeness (QED) is 0.536. The van der Waals surface area contributed by atoms with Crippen LogP contribution in [-0.2, 0) is 22.6 Å². The Morgan fingerprint density at radius 1 is 1.00 bits per heavy atom. The number of benzene rings is 2. The second-order valence-electron chi connectivity index (χ2n) is 6.50. The number of nitrogens with zero attached hydrogens (tertiary/aromatic N) is 3. The molecule has 7 nitrogen and oxygen atoms in total. The van der Waals surface area contributed by atoms with Gasteiger partial charge in [-0.05, 0) is 37.6 Å². The molecule has 0 aliphatic rings. The van der Waals surface area contributed by atoms with Gasteiger partial charge in [0.15, 0.2) is 5.16 Å². The van der Waals surface area contributed by atoms with Crippen LogP contribution in [0.15, 0.2) is 53.7 Å². The molecular weight excluding hydrogens is 405 g/mol. The Morgan fingerprint density at radius 2 is 1.67 bits per heavy atom. The summed E-state index contributed by atoms with van der Waals surface area (Å²) in [6.45, 7) is 4.39. The molecule has 0 bridgehead atoms. The van der Waals surface area contributed by atoms with Gasteiger partial charge in [0.25, 0.3) is 0 Å². The number of hydrogen-bond acceptors (Lipinski definition) is 5. The lowest BCUT2D eigenvalue weighted by Gasteiger charge is -2.10. The van der Waals surface area contributed by atoms with Crippen molar-refractivity contribution < 1.29 is 14.0 Å². The van der Waals surface area contributed by atoms with Gasteiger partial charge in [-0.25, -0.2) is 4.39 Å². The van der Waals surface area contributed by atoms with Crippen LogP contribution in [0.25, 0.3) is 0 Å². The van der Waals surface area contributed by atoms with E-state index in [0.29, 0.717) is 17.5 Å². The smallest absolute Gasteiger partial charge is 0.234 e. The molecule has 0 saturated carbocycles. The number of anilines is 2. The first kappa shape index (κ1) is 21.5. The number of hydrogen-bond donors (Lipinski definition) is 2. The highest BCUT2D eigenvalue weighted by Crippen LogP contribution is 2.19. The lowest BCUT2D eigenvalue weighted by atomic mass is 10.2. The van der Waals surface area contributed by atoms with Crippen LogP contribution in [0.3, 0.4) is 0 Å². The van der Waals surface area contributed by atoms with Crippen LogP contribution in [-0.4, -0.2) is 32.3 Å². The minimum atomic E-state index is -0.491. The van der Waals surface area contributed by atoms with Gasteiger partial charge in [0.1, 0.15) is 11.6 Å². The fraction of sp³-hybridized carbons (Fsp3) is 0.238. The Bertz CT molecular complexity index is 1050. The third-order valence-corrected chi connectivity index (χ3v) is 5.29. The Balaban J connectivity index is 1.60. The highest BCUT2D eigenvalue weighted by Gasteiger charge is 2.16. The maximum Gasteiger partial charge on any atom is 0.234 e. The minimum absolute atomic E-state index is 0.0435. The highest BCUT2D eigenvalue weighted by molar-refractivity contribution is 7.99. The SMILES string of the molecule is CCn1c(CC(=O)Nc2ccccc2C)nnc1SCC(=O)Nc1ccccc1F. The van der Waals surface area contributed by atoms with Gasteiger partial charge in [-0.15, -0.1) is 10.2 Å². The summed E-state index contributed by atoms with van der Waals surface area (Å²) in [5.74, 6) is -0.480. The van der Waals surface area contributed by atoms with E-state index in [1.165, 1.54) is 23.9 Å². The van der Waals surface area contributed by atoms with Gasteiger partial charge in [-0.1, -0.05) is 42.1 Å². The lowest BCUT2D eigenvalue weighted by molar-refractivity contribution is -0.116. The molecule has 0 aliphatic carbocycles. The third kappa shape index (κ3) is 5.44. The van der Waals surface area contributed by atoms with E-state index in [0.717, 1.165) is 11.3 Å². The Labute approximate surface area is 178 Å². The zero-order chi connectivity index (χ0) is 21.5. The number of aryl methyl sites for hydroxylation is 1. The topological polar surface area (TPSA) is 88.9 Å². The Morgan fingerprint density at radius 3 is 2.37 bits per heavy atom. The van der Waals surface area contributed by atoms with Gasteiger partial charge in [0, 0.05) is 12.2 Å². The maximum atomic E-state index is 13.7. The molecule has 9 heteroatoms. The summed E-state index contributed by atoms with van der Waals surface area (Å²) in [5.41, 5.74) is 1.86. The van der Waals surface area contributed by atoms with E-state index in [2.05, 4.69) is 20.8 Å². The number of carbonyl (C=O) groups excluding carboxylic acids is 2. The van der Waals surface area contributed by atoms with Crippen molar-refractivity contribution >= 4 is 35.0 Å². The predicted octanol–water partition coefficient (Wildman–Crippen LogP) is 3.66. The molecule has 0 atom stereocenters. The average molecular weight is 428 g/mol. The molecule has 0 radical (unpaired) electrons. The van der Waals surface area contributed by atoms with E-state index >= 15 is 0 Å². The second kappa shape index (κ2) is 10.0. The molecule has 0 saturated heterocycles. The van der Waals surface area contributed by atoms with Crippen molar-refractivity contribution in [2.45, 2.75) is 32.0 Å². The Hall–Kier alpha value is -3.20. The zero-order valence-electron chi connectivity index (χ0n) is 16.7. The summed E-state index contributed by atoms with van der Waals surface area (Å²) in [5, 5.41) is 14.1. The fourth-order valence-corrected chi connectivity index (χ4v) is 3.63. The van der Waals surface area contributed by atoms with Gasteiger partial charge in [-0.2, -0.15) is 0 Å². The highest BCUT2D eigenvalue weighted by atomic mass is 32.2. The van der Waals surface area contributed by atoms with E-state index in [-0.39, 0.29) is 29.7 Å². The molecule has 2 N–H and O–H groups in total. The molecule has 1 heterocycles. The molecular formula is C21H22FN5O2S. The van der Waals surface area contributed by atoms with Crippen LogP contribution in [0, 0.1) is 12.7 Å². The molecule has 3 aromatic rings. The average Bonchev–Trinajstić information content (AvgIpc) is 3.11. The monoisotopic (exact) mass is 427 g/mol. The number of carbonyl (C=O) groups is 2. The molecule has 0 fully saturated rings. The van der Waals surface area contributed by atoms with Crippen LogP contribution in [0.4, 0.5) is 15.8 Å². The van der Waals surface area contributed by atoms with Gasteiger partial charge in [-0.3, -0.25) is 9.59 Å². The van der Waals surface area contributed by atoms with Gasteiger partial charge < -0.3 is 15.2 Å². The van der Waals surface area contributed by atoms with Gasteiger partial charge in [0.05, 0.1) is 17.9 Å². The van der Waals surface area contributed by atoms with E-state index in [1.54, 1.807) is 16.7 Å². The molecule has 30 heavy (non-hydrogen) atoms.